The number of nitrogens with two attached hydrogens (primary N) is 1. The van der Waals surface area contributed by atoms with Crippen LogP contribution in [0.1, 0.15) is 16.8 Å². The summed E-state index contributed by atoms with van der Waals surface area (Å²) in [5.41, 5.74) is 5.86. The standard InChI is InChI=1S/C11H13BrClN3O2/c1-16(5-4-10(14)15-18)11(17)8-3-2-7(13)6-9(8)12/h2-3,6,18H,4-5H2,1H3,(H2,14,15). The smallest absolute Gasteiger partial charge is 0.254 e. The number of oxime groups is 1. The van der Waals surface area contributed by atoms with Gasteiger partial charge in [0.2, 0.25) is 0 Å². The highest BCUT2D eigenvalue weighted by atomic mass is 79.9. The Hall–Kier alpha value is -1.27. The Morgan fingerprint density at radius 1 is 1.61 bits per heavy atom. The summed E-state index contributed by atoms with van der Waals surface area (Å²) in [6.45, 7) is 0.365. The van der Waals surface area contributed by atoms with Crippen molar-refractivity contribution in [2.45, 2.75) is 6.42 Å². The van der Waals surface area contributed by atoms with E-state index in [1.165, 1.54) is 4.90 Å². The lowest BCUT2D eigenvalue weighted by molar-refractivity contribution is 0.0797. The van der Waals surface area contributed by atoms with Crippen LogP contribution >= 0.6 is 27.5 Å². The molecule has 0 saturated heterocycles. The van der Waals surface area contributed by atoms with Crippen molar-refractivity contribution in [3.63, 3.8) is 0 Å². The molecule has 7 heteroatoms. The van der Waals surface area contributed by atoms with Crippen LogP contribution in [0.5, 0.6) is 0 Å². The van der Waals surface area contributed by atoms with E-state index in [0.29, 0.717) is 28.0 Å². The Kier molecular flexibility index (Phi) is 5.43. The van der Waals surface area contributed by atoms with Gasteiger partial charge in [0.1, 0.15) is 5.84 Å². The van der Waals surface area contributed by atoms with E-state index in [-0.39, 0.29) is 11.7 Å². The fraction of sp³-hybridized carbons (Fsp3) is 0.273. The SMILES string of the molecule is CN(CC/C(N)=N/O)C(=O)c1ccc(Cl)cc1Br. The van der Waals surface area contributed by atoms with Crippen molar-refractivity contribution in [1.82, 2.24) is 4.90 Å². The van der Waals surface area contributed by atoms with Crippen molar-refractivity contribution < 1.29 is 10.0 Å². The van der Waals surface area contributed by atoms with Gasteiger partial charge in [-0.15, -0.1) is 0 Å². The van der Waals surface area contributed by atoms with Gasteiger partial charge in [-0.25, -0.2) is 0 Å². The molecule has 1 aromatic carbocycles. The number of hydrogen-bond acceptors (Lipinski definition) is 3. The predicted molar refractivity (Wildman–Crippen MR) is 74.1 cm³/mol. The molecule has 0 aliphatic carbocycles. The molecule has 0 saturated carbocycles. The lowest BCUT2D eigenvalue weighted by atomic mass is 10.2. The molecule has 0 atom stereocenters. The molecule has 0 spiro atoms. The first-order valence-electron chi connectivity index (χ1n) is 5.12. The van der Waals surface area contributed by atoms with Crippen LogP contribution in [-0.4, -0.2) is 35.4 Å². The second-order valence-electron chi connectivity index (χ2n) is 3.69. The van der Waals surface area contributed by atoms with Gasteiger partial charge in [-0.3, -0.25) is 4.79 Å². The molecule has 5 nitrogen and oxygen atoms in total. The molecule has 0 bridgehead atoms. The largest absolute Gasteiger partial charge is 0.409 e. The second-order valence-corrected chi connectivity index (χ2v) is 4.98. The minimum Gasteiger partial charge on any atom is -0.409 e. The first kappa shape index (κ1) is 14.8. The Morgan fingerprint density at radius 2 is 2.28 bits per heavy atom. The van der Waals surface area contributed by atoms with Gasteiger partial charge in [-0.1, -0.05) is 16.8 Å². The average molecular weight is 335 g/mol. The van der Waals surface area contributed by atoms with E-state index in [2.05, 4.69) is 21.1 Å². The first-order valence-corrected chi connectivity index (χ1v) is 6.29. The van der Waals surface area contributed by atoms with Gasteiger partial charge >= 0.3 is 0 Å². The molecular weight excluding hydrogens is 321 g/mol. The Labute approximate surface area is 118 Å². The zero-order chi connectivity index (χ0) is 13.7. The van der Waals surface area contributed by atoms with Crippen LogP contribution in [-0.2, 0) is 0 Å². The number of benzene rings is 1. The number of carbonyl (C=O) groups is 1. The molecule has 1 rings (SSSR count). The Balaban J connectivity index is 2.74. The topological polar surface area (TPSA) is 78.9 Å². The fourth-order valence-corrected chi connectivity index (χ4v) is 2.15. The zero-order valence-corrected chi connectivity index (χ0v) is 12.1. The Bertz CT molecular complexity index is 479. The lowest BCUT2D eigenvalue weighted by Crippen LogP contribution is -2.30. The number of rotatable bonds is 4. The minimum absolute atomic E-state index is 0.0878. The van der Waals surface area contributed by atoms with Gasteiger partial charge in [0, 0.05) is 29.5 Å². The molecule has 0 heterocycles. The van der Waals surface area contributed by atoms with Gasteiger partial charge < -0.3 is 15.8 Å². The number of amidine groups is 1. The molecular formula is C11H13BrClN3O2. The quantitative estimate of drug-likeness (QED) is 0.384. The van der Waals surface area contributed by atoms with E-state index in [0.717, 1.165) is 0 Å². The highest BCUT2D eigenvalue weighted by Crippen LogP contribution is 2.22. The van der Waals surface area contributed by atoms with Crippen LogP contribution in [0.15, 0.2) is 27.8 Å². The molecule has 0 radical (unpaired) electrons. The molecule has 0 fully saturated rings. The van der Waals surface area contributed by atoms with Gasteiger partial charge in [-0.2, -0.15) is 0 Å². The van der Waals surface area contributed by atoms with Crippen molar-refractivity contribution >= 4 is 39.3 Å². The highest BCUT2D eigenvalue weighted by Gasteiger charge is 2.15. The highest BCUT2D eigenvalue weighted by molar-refractivity contribution is 9.10. The monoisotopic (exact) mass is 333 g/mol. The van der Waals surface area contributed by atoms with Crippen LogP contribution in [0.4, 0.5) is 0 Å². The third-order valence-electron chi connectivity index (χ3n) is 2.34. The van der Waals surface area contributed by atoms with E-state index in [1.807, 2.05) is 0 Å². The van der Waals surface area contributed by atoms with Gasteiger partial charge in [0.15, 0.2) is 0 Å². The fourth-order valence-electron chi connectivity index (χ4n) is 1.30. The predicted octanol–water partition coefficient (Wildman–Crippen LogP) is 2.31. The third kappa shape index (κ3) is 3.89. The van der Waals surface area contributed by atoms with Crippen LogP contribution < -0.4 is 5.73 Å². The second kappa shape index (κ2) is 6.61. The van der Waals surface area contributed by atoms with Crippen molar-refractivity contribution in [3.8, 4) is 0 Å². The first-order chi connectivity index (χ1) is 8.45. The maximum atomic E-state index is 12.1. The zero-order valence-electron chi connectivity index (χ0n) is 9.73. The van der Waals surface area contributed by atoms with Crippen molar-refractivity contribution in [1.29, 1.82) is 0 Å². The third-order valence-corrected chi connectivity index (χ3v) is 3.23. The van der Waals surface area contributed by atoms with Crippen LogP contribution in [0.3, 0.4) is 0 Å². The molecule has 18 heavy (non-hydrogen) atoms. The van der Waals surface area contributed by atoms with Crippen LogP contribution in [0.25, 0.3) is 0 Å². The van der Waals surface area contributed by atoms with Crippen LogP contribution in [0.2, 0.25) is 5.02 Å². The number of amides is 1. The summed E-state index contributed by atoms with van der Waals surface area (Å²) in [5.74, 6) is -0.0749. The normalized spacial score (nSPS) is 11.4. The van der Waals surface area contributed by atoms with E-state index >= 15 is 0 Å². The molecule has 0 aromatic heterocycles. The van der Waals surface area contributed by atoms with E-state index in [9.17, 15) is 4.79 Å². The number of carbonyl (C=O) groups excluding carboxylic acids is 1. The van der Waals surface area contributed by atoms with Crippen LogP contribution in [0, 0.1) is 0 Å². The molecule has 1 aromatic rings. The van der Waals surface area contributed by atoms with Gasteiger partial charge in [0.05, 0.1) is 5.56 Å². The molecule has 98 valence electrons. The summed E-state index contributed by atoms with van der Waals surface area (Å²) in [4.78, 5) is 13.6. The van der Waals surface area contributed by atoms with Gasteiger partial charge in [0.25, 0.3) is 5.91 Å². The maximum Gasteiger partial charge on any atom is 0.254 e. The number of hydrogen-bond donors (Lipinski definition) is 2. The summed E-state index contributed by atoms with van der Waals surface area (Å²) in [5, 5.41) is 11.8. The summed E-state index contributed by atoms with van der Waals surface area (Å²) < 4.78 is 0.635. The average Bonchev–Trinajstić information content (AvgIpc) is 2.34. The van der Waals surface area contributed by atoms with E-state index < -0.39 is 0 Å². The summed E-state index contributed by atoms with van der Waals surface area (Å²) in [6.07, 6.45) is 0.309. The molecule has 0 unspecified atom stereocenters. The minimum atomic E-state index is -0.163. The summed E-state index contributed by atoms with van der Waals surface area (Å²) >= 11 is 9.10. The summed E-state index contributed by atoms with van der Waals surface area (Å²) in [7, 11) is 1.65. The number of nitrogens with zero attached hydrogens (tertiary/aromatic N) is 2. The lowest BCUT2D eigenvalue weighted by Gasteiger charge is -2.17. The molecule has 0 aliphatic heterocycles. The Morgan fingerprint density at radius 3 is 2.83 bits per heavy atom. The van der Waals surface area contributed by atoms with Crippen molar-refractivity contribution in [3.05, 3.63) is 33.3 Å². The van der Waals surface area contributed by atoms with Crippen molar-refractivity contribution in [2.24, 2.45) is 10.9 Å². The maximum absolute atomic E-state index is 12.1. The van der Waals surface area contributed by atoms with Gasteiger partial charge in [-0.05, 0) is 34.1 Å². The van der Waals surface area contributed by atoms with E-state index in [4.69, 9.17) is 22.5 Å². The molecule has 0 aliphatic rings. The summed E-state index contributed by atoms with van der Waals surface area (Å²) in [6, 6.07) is 4.96. The molecule has 3 N–H and O–H groups in total. The van der Waals surface area contributed by atoms with Crippen molar-refractivity contribution in [2.75, 3.05) is 13.6 Å². The number of halogens is 2. The van der Waals surface area contributed by atoms with E-state index in [1.54, 1.807) is 25.2 Å². The molecule has 1 amide bonds.